The van der Waals surface area contributed by atoms with Gasteiger partial charge in [0.2, 0.25) is 5.75 Å². The molecule has 0 spiro atoms. The van der Waals surface area contributed by atoms with Crippen molar-refractivity contribution >= 4 is 17.6 Å². The molecule has 12 heteroatoms. The molecule has 0 amide bonds. The van der Waals surface area contributed by atoms with E-state index < -0.39 is 28.9 Å². The fourth-order valence-corrected chi connectivity index (χ4v) is 5.91. The number of ether oxygens (including phenoxy) is 4. The summed E-state index contributed by atoms with van der Waals surface area (Å²) in [5, 5.41) is 24.5. The summed E-state index contributed by atoms with van der Waals surface area (Å²) in [6, 6.07) is 9.51. The SMILES string of the molecule is COc1cc(CN2CCC(OC(=O)C3=C(C)NC(C)=C(C(=O)O)C3c3cccc([N+](=O)[O-])c3)C(C)C2)cc(OC)c1OC. The zero-order valence-corrected chi connectivity index (χ0v) is 25.1. The molecule has 0 bridgehead atoms. The van der Waals surface area contributed by atoms with Crippen LogP contribution in [-0.2, 0) is 20.9 Å². The summed E-state index contributed by atoms with van der Waals surface area (Å²) in [4.78, 5) is 39.3. The van der Waals surface area contributed by atoms with Gasteiger partial charge in [0.05, 0.1) is 43.3 Å². The second-order valence-electron chi connectivity index (χ2n) is 10.8. The molecule has 2 heterocycles. The van der Waals surface area contributed by atoms with Crippen LogP contribution in [0.25, 0.3) is 0 Å². The molecule has 0 saturated carbocycles. The van der Waals surface area contributed by atoms with Crippen molar-refractivity contribution in [1.29, 1.82) is 0 Å². The predicted molar refractivity (Wildman–Crippen MR) is 157 cm³/mol. The van der Waals surface area contributed by atoms with Crippen LogP contribution in [0.5, 0.6) is 17.2 Å². The first kappa shape index (κ1) is 31.4. The monoisotopic (exact) mass is 595 g/mol. The lowest BCUT2D eigenvalue weighted by atomic mass is 9.80. The number of nitrogens with zero attached hydrogens (tertiary/aromatic N) is 2. The molecule has 0 aromatic heterocycles. The Morgan fingerprint density at radius 3 is 2.26 bits per heavy atom. The van der Waals surface area contributed by atoms with Gasteiger partial charge in [-0.15, -0.1) is 0 Å². The second kappa shape index (κ2) is 13.2. The summed E-state index contributed by atoms with van der Waals surface area (Å²) < 4.78 is 22.4. The van der Waals surface area contributed by atoms with E-state index in [9.17, 15) is 24.8 Å². The minimum Gasteiger partial charge on any atom is -0.493 e. The number of aliphatic carboxylic acids is 1. The van der Waals surface area contributed by atoms with Crippen LogP contribution in [0.1, 0.15) is 44.2 Å². The van der Waals surface area contributed by atoms with Gasteiger partial charge >= 0.3 is 11.9 Å². The predicted octanol–water partition coefficient (Wildman–Crippen LogP) is 4.39. The van der Waals surface area contributed by atoms with E-state index in [0.29, 0.717) is 60.3 Å². The molecule has 3 unspecified atom stereocenters. The van der Waals surface area contributed by atoms with Crippen molar-refractivity contribution in [2.24, 2.45) is 5.92 Å². The number of likely N-dealkylation sites (tertiary alicyclic amines) is 1. The number of dihydropyridines is 1. The highest BCUT2D eigenvalue weighted by molar-refractivity contribution is 5.99. The number of non-ortho nitro benzene ring substituents is 1. The van der Waals surface area contributed by atoms with Gasteiger partial charge in [-0.3, -0.25) is 15.0 Å². The van der Waals surface area contributed by atoms with Crippen LogP contribution in [0.4, 0.5) is 5.69 Å². The molecule has 3 atom stereocenters. The van der Waals surface area contributed by atoms with E-state index in [1.54, 1.807) is 41.2 Å². The molecule has 2 aliphatic rings. The Bertz CT molecular complexity index is 1460. The van der Waals surface area contributed by atoms with Crippen LogP contribution in [0, 0.1) is 16.0 Å². The van der Waals surface area contributed by atoms with Crippen LogP contribution in [0.3, 0.4) is 0 Å². The first-order valence-corrected chi connectivity index (χ1v) is 13.9. The molecule has 0 aliphatic carbocycles. The van der Waals surface area contributed by atoms with Crippen molar-refractivity contribution in [2.45, 2.75) is 45.8 Å². The Morgan fingerprint density at radius 2 is 1.70 bits per heavy atom. The third kappa shape index (κ3) is 6.59. The van der Waals surface area contributed by atoms with Crippen molar-refractivity contribution in [3.8, 4) is 17.2 Å². The number of carbonyl (C=O) groups is 2. The topological polar surface area (TPSA) is 150 Å². The van der Waals surface area contributed by atoms with Gasteiger partial charge < -0.3 is 29.4 Å². The highest BCUT2D eigenvalue weighted by Crippen LogP contribution is 2.41. The number of nitrogens with one attached hydrogen (secondary N) is 1. The standard InChI is InChI=1S/C31H37N3O9/c1-17-15-33(16-20-12-24(40-4)29(42-6)25(13-20)41-5)11-10-23(17)43-31(37)27-19(3)32-18(2)26(30(35)36)28(27)21-8-7-9-22(14-21)34(38)39/h7-9,12-14,17,23,28,32H,10-11,15-16H2,1-6H3,(H,35,36). The van der Waals surface area contributed by atoms with E-state index >= 15 is 0 Å². The maximum Gasteiger partial charge on any atom is 0.337 e. The van der Waals surface area contributed by atoms with Crippen LogP contribution >= 0.6 is 0 Å². The first-order chi connectivity index (χ1) is 20.5. The summed E-state index contributed by atoms with van der Waals surface area (Å²) in [5.41, 5.74) is 1.96. The number of nitro groups is 1. The maximum atomic E-state index is 13.8. The number of benzene rings is 2. The number of rotatable bonds is 10. The normalized spacial score (nSPS) is 20.7. The minimum absolute atomic E-state index is 0.0234. The summed E-state index contributed by atoms with van der Waals surface area (Å²) in [5.74, 6) is -1.28. The number of carboxylic acid groups (broad SMARTS) is 1. The van der Waals surface area contributed by atoms with E-state index in [1.807, 2.05) is 19.1 Å². The molecule has 2 aromatic carbocycles. The van der Waals surface area contributed by atoms with Crippen LogP contribution in [0.15, 0.2) is 58.9 Å². The van der Waals surface area contributed by atoms with E-state index in [1.165, 1.54) is 18.2 Å². The average Bonchev–Trinajstić information content (AvgIpc) is 2.97. The number of nitro benzene ring substituents is 1. The molecule has 2 N–H and O–H groups in total. The van der Waals surface area contributed by atoms with Crippen molar-refractivity contribution < 1.29 is 38.6 Å². The Balaban J connectivity index is 1.53. The molecule has 0 radical (unpaired) electrons. The molecule has 4 rings (SSSR count). The quantitative estimate of drug-likeness (QED) is 0.229. The van der Waals surface area contributed by atoms with Gasteiger partial charge in [0.1, 0.15) is 6.10 Å². The van der Waals surface area contributed by atoms with Gasteiger partial charge in [-0.1, -0.05) is 19.1 Å². The fraction of sp³-hybridized carbons (Fsp3) is 0.419. The molecule has 43 heavy (non-hydrogen) atoms. The summed E-state index contributed by atoms with van der Waals surface area (Å²) in [6.07, 6.45) is 0.161. The van der Waals surface area contributed by atoms with Crippen molar-refractivity contribution in [3.05, 3.63) is 80.2 Å². The van der Waals surface area contributed by atoms with Gasteiger partial charge in [-0.05, 0) is 43.5 Å². The van der Waals surface area contributed by atoms with Crippen LogP contribution in [0.2, 0.25) is 0 Å². The lowest BCUT2D eigenvalue weighted by molar-refractivity contribution is -0.384. The lowest BCUT2D eigenvalue weighted by Crippen LogP contribution is -2.44. The third-order valence-electron chi connectivity index (χ3n) is 7.92. The highest BCUT2D eigenvalue weighted by atomic mass is 16.6. The number of allylic oxidation sites excluding steroid dienone is 2. The largest absolute Gasteiger partial charge is 0.493 e. The third-order valence-corrected chi connectivity index (χ3v) is 7.92. The van der Waals surface area contributed by atoms with E-state index in [4.69, 9.17) is 18.9 Å². The van der Waals surface area contributed by atoms with E-state index in [-0.39, 0.29) is 22.8 Å². The minimum atomic E-state index is -1.23. The van der Waals surface area contributed by atoms with Crippen LogP contribution in [-0.4, -0.2) is 67.4 Å². The second-order valence-corrected chi connectivity index (χ2v) is 10.8. The molecule has 2 aliphatic heterocycles. The highest BCUT2D eigenvalue weighted by Gasteiger charge is 2.39. The Hall–Kier alpha value is -4.58. The molecule has 1 saturated heterocycles. The zero-order chi connectivity index (χ0) is 31.4. The molecular weight excluding hydrogens is 558 g/mol. The number of carboxylic acids is 1. The maximum absolute atomic E-state index is 13.8. The van der Waals surface area contributed by atoms with E-state index in [0.717, 1.165) is 5.56 Å². The molecule has 1 fully saturated rings. The van der Waals surface area contributed by atoms with Crippen molar-refractivity contribution in [3.63, 3.8) is 0 Å². The van der Waals surface area contributed by atoms with Gasteiger partial charge in [0.25, 0.3) is 5.69 Å². The molecule has 12 nitrogen and oxygen atoms in total. The van der Waals surface area contributed by atoms with Gasteiger partial charge in [-0.2, -0.15) is 0 Å². The number of esters is 1. The van der Waals surface area contributed by atoms with Crippen molar-refractivity contribution in [1.82, 2.24) is 10.2 Å². The zero-order valence-electron chi connectivity index (χ0n) is 25.1. The summed E-state index contributed by atoms with van der Waals surface area (Å²) in [6.45, 7) is 7.21. The smallest absolute Gasteiger partial charge is 0.337 e. The van der Waals surface area contributed by atoms with Gasteiger partial charge in [0, 0.05) is 49.1 Å². The Labute approximate surface area is 250 Å². The molecule has 2 aromatic rings. The van der Waals surface area contributed by atoms with Gasteiger partial charge in [-0.25, -0.2) is 9.59 Å². The number of hydrogen-bond donors (Lipinski definition) is 2. The first-order valence-electron chi connectivity index (χ1n) is 13.9. The Morgan fingerprint density at radius 1 is 1.05 bits per heavy atom. The van der Waals surface area contributed by atoms with Gasteiger partial charge in [0.15, 0.2) is 11.5 Å². The van der Waals surface area contributed by atoms with Crippen LogP contribution < -0.4 is 19.5 Å². The molecule has 230 valence electrons. The number of methoxy groups -OCH3 is 3. The summed E-state index contributed by atoms with van der Waals surface area (Å²) in [7, 11) is 4.70. The van der Waals surface area contributed by atoms with Crippen molar-refractivity contribution in [2.75, 3.05) is 34.4 Å². The summed E-state index contributed by atoms with van der Waals surface area (Å²) >= 11 is 0. The number of piperidine rings is 1. The fourth-order valence-electron chi connectivity index (χ4n) is 5.91. The number of hydrogen-bond acceptors (Lipinski definition) is 10. The average molecular weight is 596 g/mol. The number of carbonyl (C=O) groups excluding carboxylic acids is 1. The van der Waals surface area contributed by atoms with E-state index in [2.05, 4.69) is 10.2 Å². The molecular formula is C31H37N3O9. The Kier molecular flexibility index (Phi) is 9.59. The lowest BCUT2D eigenvalue weighted by Gasteiger charge is -2.37.